The van der Waals surface area contributed by atoms with Crippen LogP contribution in [0.15, 0.2) is 41.4 Å². The molecule has 0 aromatic heterocycles. The maximum atomic E-state index is 13.5. The van der Waals surface area contributed by atoms with E-state index in [1.807, 2.05) is 13.8 Å². The van der Waals surface area contributed by atoms with Crippen LogP contribution in [0.25, 0.3) is 0 Å². The van der Waals surface area contributed by atoms with Gasteiger partial charge in [-0.3, -0.25) is 4.99 Å². The Bertz CT molecular complexity index is 802. The number of halogens is 2. The summed E-state index contributed by atoms with van der Waals surface area (Å²) in [6.45, 7) is 4.73. The Balaban J connectivity index is 2.09. The number of aliphatic hydroxyl groups is 1. The number of aliphatic imine (C=N–C) groups is 1. The quantitative estimate of drug-likeness (QED) is 0.468. The van der Waals surface area contributed by atoms with Gasteiger partial charge in [-0.25, -0.2) is 4.39 Å². The fourth-order valence-corrected chi connectivity index (χ4v) is 2.45. The van der Waals surface area contributed by atoms with E-state index in [1.165, 1.54) is 18.2 Å². The van der Waals surface area contributed by atoms with Crippen LogP contribution < -0.4 is 20.5 Å². The number of nitrogens with zero attached hydrogens (tertiary/aromatic N) is 1. The van der Waals surface area contributed by atoms with Crippen molar-refractivity contribution in [1.82, 2.24) is 0 Å². The Morgan fingerprint density at radius 2 is 1.96 bits per heavy atom. The molecule has 0 radical (unpaired) electrons. The predicted octanol–water partition coefficient (Wildman–Crippen LogP) is 3.74. The number of aliphatic hydroxyl groups excluding tert-OH is 1. The average Bonchev–Trinajstić information content (AvgIpc) is 2.64. The highest BCUT2D eigenvalue weighted by atomic mass is 35.5. The van der Waals surface area contributed by atoms with E-state index in [4.69, 9.17) is 26.8 Å². The Morgan fingerprint density at radius 3 is 2.63 bits per heavy atom. The minimum atomic E-state index is -1.02. The summed E-state index contributed by atoms with van der Waals surface area (Å²) in [6, 6.07) is 9.41. The van der Waals surface area contributed by atoms with E-state index in [9.17, 15) is 9.50 Å². The summed E-state index contributed by atoms with van der Waals surface area (Å²) >= 11 is 5.64. The normalized spacial score (nSPS) is 12.6. The Kier molecular flexibility index (Phi) is 7.69. The molecule has 146 valence electrons. The molecule has 0 heterocycles. The SMILES string of the molecule is CCOc1ccc(OCC)c(NC(N)=NCC(O)c2ccc(Cl)c(F)c2)c1. The van der Waals surface area contributed by atoms with Crippen LogP contribution in [0.1, 0.15) is 25.5 Å². The highest BCUT2D eigenvalue weighted by molar-refractivity contribution is 6.30. The highest BCUT2D eigenvalue weighted by Crippen LogP contribution is 2.29. The van der Waals surface area contributed by atoms with Crippen LogP contribution in [-0.2, 0) is 0 Å². The van der Waals surface area contributed by atoms with Crippen LogP contribution in [0.2, 0.25) is 5.02 Å². The van der Waals surface area contributed by atoms with Gasteiger partial charge >= 0.3 is 0 Å². The van der Waals surface area contributed by atoms with Crippen molar-refractivity contribution in [2.24, 2.45) is 10.7 Å². The highest BCUT2D eigenvalue weighted by Gasteiger charge is 2.11. The van der Waals surface area contributed by atoms with E-state index in [0.717, 1.165) is 0 Å². The molecule has 0 saturated heterocycles. The largest absolute Gasteiger partial charge is 0.494 e. The summed E-state index contributed by atoms with van der Waals surface area (Å²) in [5.74, 6) is 0.739. The summed E-state index contributed by atoms with van der Waals surface area (Å²) in [6.07, 6.45) is -1.02. The number of hydrogen-bond donors (Lipinski definition) is 3. The third kappa shape index (κ3) is 6.01. The van der Waals surface area contributed by atoms with Crippen LogP contribution in [-0.4, -0.2) is 30.8 Å². The molecule has 1 unspecified atom stereocenters. The summed E-state index contributed by atoms with van der Waals surface area (Å²) < 4.78 is 24.5. The average molecular weight is 396 g/mol. The van der Waals surface area contributed by atoms with E-state index in [1.54, 1.807) is 18.2 Å². The van der Waals surface area contributed by atoms with Gasteiger partial charge in [0.2, 0.25) is 0 Å². The van der Waals surface area contributed by atoms with E-state index >= 15 is 0 Å². The molecule has 1 atom stereocenters. The Labute approximate surface area is 162 Å². The smallest absolute Gasteiger partial charge is 0.193 e. The molecule has 27 heavy (non-hydrogen) atoms. The second kappa shape index (κ2) is 9.99. The molecule has 2 rings (SSSR count). The molecule has 0 spiro atoms. The van der Waals surface area contributed by atoms with E-state index in [0.29, 0.717) is 36.0 Å². The summed E-state index contributed by atoms with van der Waals surface area (Å²) in [5.41, 5.74) is 6.87. The van der Waals surface area contributed by atoms with Gasteiger partial charge in [-0.15, -0.1) is 0 Å². The predicted molar refractivity (Wildman–Crippen MR) is 105 cm³/mol. The lowest BCUT2D eigenvalue weighted by Crippen LogP contribution is -2.24. The minimum absolute atomic E-state index is 0.00624. The zero-order valence-corrected chi connectivity index (χ0v) is 16.0. The molecule has 0 saturated carbocycles. The molecule has 8 heteroatoms. The number of hydrogen-bond acceptors (Lipinski definition) is 4. The third-order valence-electron chi connectivity index (χ3n) is 3.59. The van der Waals surface area contributed by atoms with Crippen LogP contribution in [0.5, 0.6) is 11.5 Å². The first-order valence-electron chi connectivity index (χ1n) is 8.54. The maximum absolute atomic E-state index is 13.5. The number of ether oxygens (including phenoxy) is 2. The fraction of sp³-hybridized carbons (Fsp3) is 0.316. The molecular weight excluding hydrogens is 373 g/mol. The van der Waals surface area contributed by atoms with Gasteiger partial charge in [-0.1, -0.05) is 17.7 Å². The molecule has 2 aromatic rings. The number of guanidine groups is 1. The lowest BCUT2D eigenvalue weighted by molar-refractivity contribution is 0.187. The lowest BCUT2D eigenvalue weighted by atomic mass is 10.1. The second-order valence-electron chi connectivity index (χ2n) is 5.56. The Morgan fingerprint density at radius 1 is 1.22 bits per heavy atom. The molecule has 4 N–H and O–H groups in total. The van der Waals surface area contributed by atoms with Crippen molar-refractivity contribution < 1.29 is 19.0 Å². The number of anilines is 1. The molecular formula is C19H23ClFN3O3. The maximum Gasteiger partial charge on any atom is 0.193 e. The van der Waals surface area contributed by atoms with Crippen molar-refractivity contribution in [3.05, 3.63) is 52.8 Å². The van der Waals surface area contributed by atoms with Crippen LogP contribution >= 0.6 is 11.6 Å². The molecule has 0 bridgehead atoms. The van der Waals surface area contributed by atoms with Gasteiger partial charge < -0.3 is 25.6 Å². The van der Waals surface area contributed by atoms with Gasteiger partial charge in [-0.2, -0.15) is 0 Å². The van der Waals surface area contributed by atoms with E-state index < -0.39 is 11.9 Å². The molecule has 0 aliphatic rings. The van der Waals surface area contributed by atoms with Crippen LogP contribution in [0, 0.1) is 5.82 Å². The van der Waals surface area contributed by atoms with Gasteiger partial charge in [0.25, 0.3) is 0 Å². The van der Waals surface area contributed by atoms with Crippen LogP contribution in [0.4, 0.5) is 10.1 Å². The number of benzene rings is 2. The molecule has 0 aliphatic carbocycles. The van der Waals surface area contributed by atoms with Gasteiger partial charge in [0, 0.05) is 6.07 Å². The molecule has 0 aliphatic heterocycles. The van der Waals surface area contributed by atoms with Crippen molar-refractivity contribution in [3.8, 4) is 11.5 Å². The first-order chi connectivity index (χ1) is 12.9. The van der Waals surface area contributed by atoms with Crippen molar-refractivity contribution in [1.29, 1.82) is 0 Å². The Hall–Kier alpha value is -2.51. The van der Waals surface area contributed by atoms with Crippen molar-refractivity contribution in [2.45, 2.75) is 20.0 Å². The lowest BCUT2D eigenvalue weighted by Gasteiger charge is -2.14. The first kappa shape index (κ1) is 20.8. The van der Waals surface area contributed by atoms with E-state index in [2.05, 4.69) is 10.3 Å². The topological polar surface area (TPSA) is 89.1 Å². The minimum Gasteiger partial charge on any atom is -0.494 e. The monoisotopic (exact) mass is 395 g/mol. The van der Waals surface area contributed by atoms with Gasteiger partial charge in [-0.05, 0) is 43.7 Å². The second-order valence-corrected chi connectivity index (χ2v) is 5.97. The van der Waals surface area contributed by atoms with Gasteiger partial charge in [0.05, 0.1) is 36.6 Å². The van der Waals surface area contributed by atoms with Gasteiger partial charge in [0.15, 0.2) is 5.96 Å². The number of nitrogens with one attached hydrogen (secondary N) is 1. The van der Waals surface area contributed by atoms with Crippen molar-refractivity contribution in [3.63, 3.8) is 0 Å². The van der Waals surface area contributed by atoms with Gasteiger partial charge in [0.1, 0.15) is 17.3 Å². The summed E-state index contributed by atoms with van der Waals surface area (Å²) in [5, 5.41) is 13.1. The number of rotatable bonds is 8. The van der Waals surface area contributed by atoms with E-state index in [-0.39, 0.29) is 17.5 Å². The summed E-state index contributed by atoms with van der Waals surface area (Å²) in [7, 11) is 0. The fourth-order valence-electron chi connectivity index (χ4n) is 2.33. The first-order valence-corrected chi connectivity index (χ1v) is 8.92. The summed E-state index contributed by atoms with van der Waals surface area (Å²) in [4.78, 5) is 4.11. The van der Waals surface area contributed by atoms with Crippen LogP contribution in [0.3, 0.4) is 0 Å². The standard InChI is InChI=1S/C19H23ClFN3O3/c1-3-26-13-6-8-18(27-4-2)16(10-13)24-19(22)23-11-17(25)12-5-7-14(20)15(21)9-12/h5-10,17,25H,3-4,11H2,1-2H3,(H3,22,23,24). The molecule has 6 nitrogen and oxygen atoms in total. The third-order valence-corrected chi connectivity index (χ3v) is 3.89. The van der Waals surface area contributed by atoms with Crippen molar-refractivity contribution >= 4 is 23.2 Å². The molecule has 0 amide bonds. The molecule has 2 aromatic carbocycles. The molecule has 0 fully saturated rings. The van der Waals surface area contributed by atoms with Crippen molar-refractivity contribution in [2.75, 3.05) is 25.1 Å². The zero-order valence-electron chi connectivity index (χ0n) is 15.2. The zero-order chi connectivity index (χ0) is 19.8. The number of nitrogens with two attached hydrogens (primary N) is 1.